The summed E-state index contributed by atoms with van der Waals surface area (Å²) in [5, 5.41) is 0.808. The van der Waals surface area contributed by atoms with Gasteiger partial charge in [0.05, 0.1) is 11.9 Å². The first-order valence-electron chi connectivity index (χ1n) is 5.10. The third kappa shape index (κ3) is 2.09. The van der Waals surface area contributed by atoms with Gasteiger partial charge < -0.3 is 4.90 Å². The largest absolute Gasteiger partial charge is 0.310 e. The molecule has 0 N–H and O–H groups in total. The summed E-state index contributed by atoms with van der Waals surface area (Å²) in [6.45, 7) is 2.47. The predicted octanol–water partition coefficient (Wildman–Crippen LogP) is 2.28. The number of hydrogen-bond acceptors (Lipinski definition) is 2. The number of rotatable bonds is 2. The standard InChI is InChI=1S/C11H12BrFN2O/c1-7-2-10(13)14-5-9(7)15-6-8(4-12)3-11(15)16/h2,5,8H,3-4,6H2,1H3. The molecule has 2 rings (SSSR count). The van der Waals surface area contributed by atoms with Gasteiger partial charge in [-0.2, -0.15) is 4.39 Å². The van der Waals surface area contributed by atoms with Gasteiger partial charge in [0.15, 0.2) is 0 Å². The van der Waals surface area contributed by atoms with Crippen LogP contribution >= 0.6 is 15.9 Å². The SMILES string of the molecule is Cc1cc(F)ncc1N1CC(CBr)CC1=O. The fourth-order valence-electron chi connectivity index (χ4n) is 1.91. The molecule has 1 unspecified atom stereocenters. The summed E-state index contributed by atoms with van der Waals surface area (Å²) in [6.07, 6.45) is 1.97. The van der Waals surface area contributed by atoms with Crippen LogP contribution in [0.5, 0.6) is 0 Å². The first-order valence-corrected chi connectivity index (χ1v) is 6.22. The van der Waals surface area contributed by atoms with Gasteiger partial charge in [-0.15, -0.1) is 0 Å². The van der Waals surface area contributed by atoms with E-state index in [2.05, 4.69) is 20.9 Å². The molecule has 0 spiro atoms. The van der Waals surface area contributed by atoms with Gasteiger partial charge in [-0.05, 0) is 24.5 Å². The Kier molecular flexibility index (Phi) is 3.23. The first kappa shape index (κ1) is 11.5. The molecule has 1 aromatic rings. The lowest BCUT2D eigenvalue weighted by Gasteiger charge is -2.18. The van der Waals surface area contributed by atoms with Gasteiger partial charge in [-0.1, -0.05) is 15.9 Å². The van der Waals surface area contributed by atoms with E-state index in [4.69, 9.17) is 0 Å². The van der Waals surface area contributed by atoms with Crippen molar-refractivity contribution >= 4 is 27.5 Å². The molecule has 0 aromatic carbocycles. The highest BCUT2D eigenvalue weighted by Crippen LogP contribution is 2.28. The summed E-state index contributed by atoms with van der Waals surface area (Å²) in [5.74, 6) is -0.0946. The summed E-state index contributed by atoms with van der Waals surface area (Å²) in [4.78, 5) is 17.1. The molecular formula is C11H12BrFN2O. The monoisotopic (exact) mass is 286 g/mol. The summed E-state index contributed by atoms with van der Waals surface area (Å²) >= 11 is 3.38. The van der Waals surface area contributed by atoms with E-state index in [1.165, 1.54) is 12.3 Å². The maximum atomic E-state index is 12.9. The van der Waals surface area contributed by atoms with Gasteiger partial charge >= 0.3 is 0 Å². The van der Waals surface area contributed by atoms with Crippen molar-refractivity contribution in [1.82, 2.24) is 4.98 Å². The lowest BCUT2D eigenvalue weighted by atomic mass is 10.2. The molecule has 0 aliphatic carbocycles. The molecule has 1 aromatic heterocycles. The van der Waals surface area contributed by atoms with E-state index in [1.54, 1.807) is 11.8 Å². The quantitative estimate of drug-likeness (QED) is 0.617. The highest BCUT2D eigenvalue weighted by atomic mass is 79.9. The van der Waals surface area contributed by atoms with E-state index in [1.807, 2.05) is 0 Å². The van der Waals surface area contributed by atoms with E-state index in [-0.39, 0.29) is 5.91 Å². The molecule has 2 heterocycles. The van der Waals surface area contributed by atoms with E-state index < -0.39 is 5.95 Å². The Morgan fingerprint density at radius 1 is 1.69 bits per heavy atom. The van der Waals surface area contributed by atoms with Crippen LogP contribution in [0.3, 0.4) is 0 Å². The molecule has 1 saturated heterocycles. The van der Waals surface area contributed by atoms with Crippen LogP contribution in [-0.2, 0) is 4.79 Å². The number of pyridine rings is 1. The molecule has 0 radical (unpaired) electrons. The number of halogens is 2. The fourth-order valence-corrected chi connectivity index (χ4v) is 2.35. The highest BCUT2D eigenvalue weighted by Gasteiger charge is 2.30. The summed E-state index contributed by atoms with van der Waals surface area (Å²) in [5.41, 5.74) is 1.46. The molecule has 1 aliphatic heterocycles. The van der Waals surface area contributed by atoms with Gasteiger partial charge in [0, 0.05) is 18.3 Å². The maximum absolute atomic E-state index is 12.9. The van der Waals surface area contributed by atoms with Gasteiger partial charge in [-0.25, -0.2) is 4.98 Å². The minimum Gasteiger partial charge on any atom is -0.310 e. The number of hydrogen-bond donors (Lipinski definition) is 0. The molecule has 1 atom stereocenters. The normalized spacial score (nSPS) is 20.6. The molecule has 3 nitrogen and oxygen atoms in total. The zero-order valence-corrected chi connectivity index (χ0v) is 10.5. The zero-order valence-electron chi connectivity index (χ0n) is 8.91. The third-order valence-electron chi connectivity index (χ3n) is 2.76. The van der Waals surface area contributed by atoms with Crippen molar-refractivity contribution in [3.63, 3.8) is 0 Å². The van der Waals surface area contributed by atoms with E-state index in [0.717, 1.165) is 16.6 Å². The van der Waals surface area contributed by atoms with Crippen LogP contribution < -0.4 is 4.90 Å². The summed E-state index contributed by atoms with van der Waals surface area (Å²) < 4.78 is 12.9. The van der Waals surface area contributed by atoms with Crippen LogP contribution in [0.2, 0.25) is 0 Å². The van der Waals surface area contributed by atoms with E-state index in [9.17, 15) is 9.18 Å². The minimum absolute atomic E-state index is 0.0842. The van der Waals surface area contributed by atoms with Crippen LogP contribution in [0.4, 0.5) is 10.1 Å². The third-order valence-corrected chi connectivity index (χ3v) is 3.68. The second kappa shape index (κ2) is 4.49. The van der Waals surface area contributed by atoms with Crippen LogP contribution in [-0.4, -0.2) is 22.8 Å². The Morgan fingerprint density at radius 3 is 3.00 bits per heavy atom. The fraction of sp³-hybridized carbons (Fsp3) is 0.455. The molecule has 5 heteroatoms. The van der Waals surface area contributed by atoms with Crippen LogP contribution in [0.1, 0.15) is 12.0 Å². The van der Waals surface area contributed by atoms with Gasteiger partial charge in [0.25, 0.3) is 0 Å². The Balaban J connectivity index is 2.28. The molecule has 1 amide bonds. The number of anilines is 1. The topological polar surface area (TPSA) is 33.2 Å². The maximum Gasteiger partial charge on any atom is 0.227 e. The predicted molar refractivity (Wildman–Crippen MR) is 63.2 cm³/mol. The summed E-state index contributed by atoms with van der Waals surface area (Å²) in [7, 11) is 0. The van der Waals surface area contributed by atoms with E-state index >= 15 is 0 Å². The van der Waals surface area contributed by atoms with Crippen molar-refractivity contribution < 1.29 is 9.18 Å². The van der Waals surface area contributed by atoms with Gasteiger partial charge in [0.1, 0.15) is 0 Å². The highest BCUT2D eigenvalue weighted by molar-refractivity contribution is 9.09. The number of aryl methyl sites for hydroxylation is 1. The summed E-state index contributed by atoms with van der Waals surface area (Å²) in [6, 6.07) is 1.35. The molecule has 1 aliphatic rings. The molecular weight excluding hydrogens is 275 g/mol. The number of carbonyl (C=O) groups is 1. The zero-order chi connectivity index (χ0) is 11.7. The first-order chi connectivity index (χ1) is 7.61. The van der Waals surface area contributed by atoms with Crippen molar-refractivity contribution in [1.29, 1.82) is 0 Å². The van der Waals surface area contributed by atoms with Crippen molar-refractivity contribution in [2.45, 2.75) is 13.3 Å². The van der Waals surface area contributed by atoms with Crippen molar-refractivity contribution in [3.05, 3.63) is 23.8 Å². The Bertz CT molecular complexity index is 424. The molecule has 0 bridgehead atoms. The molecule has 86 valence electrons. The number of alkyl halides is 1. The molecule has 16 heavy (non-hydrogen) atoms. The smallest absolute Gasteiger partial charge is 0.227 e. The van der Waals surface area contributed by atoms with Crippen LogP contribution in [0, 0.1) is 18.8 Å². The second-order valence-electron chi connectivity index (χ2n) is 4.02. The lowest BCUT2D eigenvalue weighted by molar-refractivity contribution is -0.117. The average molecular weight is 287 g/mol. The number of carbonyl (C=O) groups excluding carboxylic acids is 1. The van der Waals surface area contributed by atoms with Crippen LogP contribution in [0.15, 0.2) is 12.3 Å². The molecule has 0 saturated carbocycles. The van der Waals surface area contributed by atoms with Crippen molar-refractivity contribution in [2.75, 3.05) is 16.8 Å². The van der Waals surface area contributed by atoms with Gasteiger partial charge in [-0.3, -0.25) is 4.79 Å². The van der Waals surface area contributed by atoms with Crippen LogP contribution in [0.25, 0.3) is 0 Å². The lowest BCUT2D eigenvalue weighted by Crippen LogP contribution is -2.25. The minimum atomic E-state index is -0.509. The number of nitrogens with zero attached hydrogens (tertiary/aromatic N) is 2. The van der Waals surface area contributed by atoms with Gasteiger partial charge in [0.2, 0.25) is 11.9 Å². The second-order valence-corrected chi connectivity index (χ2v) is 4.67. The number of amides is 1. The Labute approximate surface area is 102 Å². The Hall–Kier alpha value is -0.970. The van der Waals surface area contributed by atoms with Crippen molar-refractivity contribution in [2.24, 2.45) is 5.92 Å². The molecule has 1 fully saturated rings. The Morgan fingerprint density at radius 2 is 2.44 bits per heavy atom. The number of aromatic nitrogens is 1. The van der Waals surface area contributed by atoms with Crippen molar-refractivity contribution in [3.8, 4) is 0 Å². The van der Waals surface area contributed by atoms with E-state index in [0.29, 0.717) is 18.9 Å². The average Bonchev–Trinajstić information content (AvgIpc) is 2.60.